The molecule has 6 heteroatoms. The summed E-state index contributed by atoms with van der Waals surface area (Å²) in [7, 11) is 0. The topological polar surface area (TPSA) is 86.9 Å². The summed E-state index contributed by atoms with van der Waals surface area (Å²) in [5.74, 6) is 0.0673. The van der Waals surface area contributed by atoms with Crippen molar-refractivity contribution in [3.63, 3.8) is 0 Å². The van der Waals surface area contributed by atoms with Crippen LogP contribution in [-0.4, -0.2) is 20.9 Å². The first-order chi connectivity index (χ1) is 15.5. The number of carbonyl (C=O) groups excluding carboxylic acids is 1. The molecule has 2 aliphatic carbocycles. The van der Waals surface area contributed by atoms with Gasteiger partial charge in [0, 0.05) is 16.6 Å². The van der Waals surface area contributed by atoms with Crippen LogP contribution in [0.5, 0.6) is 5.75 Å². The molecular formula is C26H20BrN3O2. The molecule has 0 amide bonds. The minimum atomic E-state index is -0.716. The van der Waals surface area contributed by atoms with Crippen LogP contribution in [-0.2, 0) is 16.6 Å². The Morgan fingerprint density at radius 1 is 1.22 bits per heavy atom. The van der Waals surface area contributed by atoms with Gasteiger partial charge in [0.25, 0.3) is 0 Å². The van der Waals surface area contributed by atoms with Crippen molar-refractivity contribution in [3.05, 3.63) is 87.7 Å². The van der Waals surface area contributed by atoms with Crippen molar-refractivity contribution in [3.8, 4) is 23.2 Å². The number of nitrogens with zero attached hydrogens (tertiary/aromatic N) is 3. The quantitative estimate of drug-likeness (QED) is 0.543. The second kappa shape index (κ2) is 7.68. The predicted octanol–water partition coefficient (Wildman–Crippen LogP) is 5.13. The Balaban J connectivity index is 1.83. The molecule has 3 atom stereocenters. The molecule has 0 saturated carbocycles. The number of aryl methyl sites for hydroxylation is 1. The zero-order chi connectivity index (χ0) is 22.5. The van der Waals surface area contributed by atoms with Gasteiger partial charge in [0.15, 0.2) is 11.6 Å². The summed E-state index contributed by atoms with van der Waals surface area (Å²) in [6.07, 6.45) is 5.20. The number of halogens is 1. The van der Waals surface area contributed by atoms with Crippen LogP contribution in [0.3, 0.4) is 0 Å². The van der Waals surface area contributed by atoms with E-state index in [1.54, 1.807) is 18.2 Å². The summed E-state index contributed by atoms with van der Waals surface area (Å²) in [4.78, 5) is 22.5. The number of allylic oxidation sites excluding steroid dienone is 2. The molecule has 5 nitrogen and oxygen atoms in total. The fourth-order valence-electron chi connectivity index (χ4n) is 5.26. The molecule has 0 bridgehead atoms. The average Bonchev–Trinajstić information content (AvgIpc) is 2.83. The highest BCUT2D eigenvalue weighted by atomic mass is 79.9. The second-order valence-corrected chi connectivity index (χ2v) is 9.35. The molecule has 2 aliphatic rings. The van der Waals surface area contributed by atoms with Crippen LogP contribution < -0.4 is 0 Å². The predicted molar refractivity (Wildman–Crippen MR) is 124 cm³/mol. The number of Topliss-reactive ketones (excluding diaryl/α,β-unsaturated/α-hetero) is 1. The summed E-state index contributed by atoms with van der Waals surface area (Å²) in [5.41, 5.74) is 2.79. The maximum absolute atomic E-state index is 12.9. The van der Waals surface area contributed by atoms with Gasteiger partial charge in [-0.1, -0.05) is 53.2 Å². The minimum absolute atomic E-state index is 0.0270. The van der Waals surface area contributed by atoms with E-state index in [0.717, 1.165) is 34.1 Å². The average molecular weight is 486 g/mol. The normalized spacial score (nSPS) is 24.2. The van der Waals surface area contributed by atoms with Crippen LogP contribution in [0.15, 0.2) is 70.8 Å². The van der Waals surface area contributed by atoms with Crippen molar-refractivity contribution in [2.75, 3.05) is 0 Å². The molecule has 0 fully saturated rings. The molecule has 2 aromatic carbocycles. The van der Waals surface area contributed by atoms with E-state index < -0.39 is 5.41 Å². The van der Waals surface area contributed by atoms with Crippen LogP contribution in [0.2, 0.25) is 0 Å². The van der Waals surface area contributed by atoms with Crippen molar-refractivity contribution in [2.45, 2.75) is 25.2 Å². The third-order valence-electron chi connectivity index (χ3n) is 6.79. The van der Waals surface area contributed by atoms with Crippen LogP contribution in [0, 0.1) is 23.2 Å². The number of hydrogen-bond acceptors (Lipinski definition) is 5. The number of aromatic nitrogens is 2. The number of fused-ring (bicyclic) bond motifs is 3. The Kier molecular flexibility index (Phi) is 4.94. The highest BCUT2D eigenvalue weighted by Gasteiger charge is 2.52. The van der Waals surface area contributed by atoms with Gasteiger partial charge in [-0.3, -0.25) is 4.79 Å². The number of nitriles is 1. The minimum Gasteiger partial charge on any atom is -0.507 e. The zero-order valence-corrected chi connectivity index (χ0v) is 19.0. The third kappa shape index (κ3) is 3.00. The van der Waals surface area contributed by atoms with E-state index in [-0.39, 0.29) is 28.9 Å². The summed E-state index contributed by atoms with van der Waals surface area (Å²) in [5, 5.41) is 20.2. The Labute approximate surface area is 194 Å². The Bertz CT molecular complexity index is 1310. The molecule has 0 radical (unpaired) electrons. The number of carbonyl (C=O) groups is 1. The fourth-order valence-corrected chi connectivity index (χ4v) is 5.62. The number of phenols is 1. The van der Waals surface area contributed by atoms with E-state index in [1.165, 1.54) is 0 Å². The van der Waals surface area contributed by atoms with E-state index in [1.807, 2.05) is 49.5 Å². The maximum atomic E-state index is 12.9. The second-order valence-electron chi connectivity index (χ2n) is 8.43. The summed E-state index contributed by atoms with van der Waals surface area (Å²) in [6, 6.07) is 17.2. The summed E-state index contributed by atoms with van der Waals surface area (Å²) in [6.45, 7) is 1.92. The van der Waals surface area contributed by atoms with Crippen molar-refractivity contribution < 1.29 is 9.90 Å². The highest BCUT2D eigenvalue weighted by molar-refractivity contribution is 9.10. The lowest BCUT2D eigenvalue weighted by molar-refractivity contribution is -0.121. The van der Waals surface area contributed by atoms with Crippen LogP contribution in [0.4, 0.5) is 0 Å². The zero-order valence-electron chi connectivity index (χ0n) is 17.4. The number of ketones is 1. The molecule has 1 heterocycles. The fraction of sp³-hybridized carbons (Fsp3) is 0.231. The lowest BCUT2D eigenvalue weighted by Gasteiger charge is -2.47. The number of hydrogen-bond donors (Lipinski definition) is 1. The third-order valence-corrected chi connectivity index (χ3v) is 7.29. The number of benzene rings is 2. The summed E-state index contributed by atoms with van der Waals surface area (Å²) >= 11 is 3.45. The molecule has 32 heavy (non-hydrogen) atoms. The van der Waals surface area contributed by atoms with Gasteiger partial charge in [-0.2, -0.15) is 5.26 Å². The molecule has 5 rings (SSSR count). The standard InChI is InChI=1S/C26H20BrN3O2/c1-15-21-9-7-16-14-29-25(20-11-19(27)8-10-22(20)31)30-24(16)26(21,12-17(13-28)23(15)32)18-5-3-2-4-6-18/h2-6,8,10-12,14-15,21,31H,7,9H2,1H3/t15-,21-,26+/m0/s1. The van der Waals surface area contributed by atoms with E-state index in [4.69, 9.17) is 4.98 Å². The molecule has 1 N–H and O–H groups in total. The van der Waals surface area contributed by atoms with E-state index in [2.05, 4.69) is 27.0 Å². The molecule has 1 aromatic heterocycles. The SMILES string of the molecule is C[C@@H]1C(=O)C(C#N)=C[C@]2(c3ccccc3)c3nc(-c4cc(Br)ccc4O)ncc3CC[C@@H]12. The van der Waals surface area contributed by atoms with Crippen molar-refractivity contribution >= 4 is 21.7 Å². The first-order valence-corrected chi connectivity index (χ1v) is 11.3. The first kappa shape index (κ1) is 20.6. The monoisotopic (exact) mass is 485 g/mol. The Morgan fingerprint density at radius 2 is 2.00 bits per heavy atom. The molecule has 3 aromatic rings. The van der Waals surface area contributed by atoms with Gasteiger partial charge in [0.2, 0.25) is 0 Å². The summed E-state index contributed by atoms with van der Waals surface area (Å²) < 4.78 is 0.811. The van der Waals surface area contributed by atoms with Gasteiger partial charge >= 0.3 is 0 Å². The number of phenolic OH excluding ortho intramolecular Hbond substituents is 1. The van der Waals surface area contributed by atoms with Crippen molar-refractivity contribution in [1.82, 2.24) is 9.97 Å². The van der Waals surface area contributed by atoms with Crippen molar-refractivity contribution in [2.24, 2.45) is 11.8 Å². The Morgan fingerprint density at radius 3 is 2.75 bits per heavy atom. The Hall–Kier alpha value is -3.30. The number of rotatable bonds is 2. The van der Waals surface area contributed by atoms with Gasteiger partial charge in [-0.15, -0.1) is 0 Å². The van der Waals surface area contributed by atoms with Gasteiger partial charge < -0.3 is 5.11 Å². The van der Waals surface area contributed by atoms with Crippen LogP contribution in [0.25, 0.3) is 11.4 Å². The molecular weight excluding hydrogens is 466 g/mol. The lowest BCUT2D eigenvalue weighted by atomic mass is 9.54. The molecule has 0 unspecified atom stereocenters. The van der Waals surface area contributed by atoms with E-state index in [9.17, 15) is 15.2 Å². The lowest BCUT2D eigenvalue weighted by Crippen LogP contribution is -2.48. The van der Waals surface area contributed by atoms with Gasteiger partial charge in [0.05, 0.1) is 22.2 Å². The van der Waals surface area contributed by atoms with Crippen molar-refractivity contribution in [1.29, 1.82) is 5.26 Å². The van der Waals surface area contributed by atoms with Gasteiger partial charge in [-0.05, 0) is 54.2 Å². The maximum Gasteiger partial charge on any atom is 0.176 e. The van der Waals surface area contributed by atoms with Gasteiger partial charge in [0.1, 0.15) is 11.8 Å². The highest BCUT2D eigenvalue weighted by Crippen LogP contribution is 2.53. The largest absolute Gasteiger partial charge is 0.507 e. The van der Waals surface area contributed by atoms with E-state index >= 15 is 0 Å². The molecule has 0 saturated heterocycles. The van der Waals surface area contributed by atoms with Gasteiger partial charge in [-0.25, -0.2) is 9.97 Å². The van der Waals surface area contributed by atoms with Crippen LogP contribution in [0.1, 0.15) is 30.2 Å². The first-order valence-electron chi connectivity index (χ1n) is 10.5. The van der Waals surface area contributed by atoms with E-state index in [0.29, 0.717) is 11.4 Å². The van der Waals surface area contributed by atoms with Crippen LogP contribution >= 0.6 is 15.9 Å². The smallest absolute Gasteiger partial charge is 0.176 e. The number of aromatic hydroxyl groups is 1. The molecule has 158 valence electrons. The molecule has 0 spiro atoms. The molecule has 0 aliphatic heterocycles.